The summed E-state index contributed by atoms with van der Waals surface area (Å²) in [6.07, 6.45) is 0. The number of tetrazole rings is 1. The van der Waals surface area contributed by atoms with E-state index in [1.807, 2.05) is 12.1 Å². The van der Waals surface area contributed by atoms with Crippen LogP contribution in [0.2, 0.25) is 0 Å². The molecule has 3 N–H and O–H groups in total. The van der Waals surface area contributed by atoms with E-state index in [0.29, 0.717) is 11.5 Å². The van der Waals surface area contributed by atoms with E-state index in [4.69, 9.17) is 5.73 Å². The van der Waals surface area contributed by atoms with Crippen LogP contribution in [0.25, 0.3) is 11.4 Å². The first-order valence-electron chi connectivity index (χ1n) is 3.55. The molecule has 2 aromatic rings. The van der Waals surface area contributed by atoms with Crippen LogP contribution in [-0.4, -0.2) is 20.6 Å². The SMILES string of the molecule is Nc1cc(Br)cc(-c2nn[nH]n2)c1. The normalized spacial score (nSPS) is 10.2. The first-order valence-corrected chi connectivity index (χ1v) is 4.35. The molecule has 0 atom stereocenters. The Balaban J connectivity index is 2.53. The quantitative estimate of drug-likeness (QED) is 0.734. The van der Waals surface area contributed by atoms with Crippen molar-refractivity contribution in [1.82, 2.24) is 20.6 Å². The average molecular weight is 240 g/mol. The third-order valence-corrected chi connectivity index (χ3v) is 1.98. The fourth-order valence-electron chi connectivity index (χ4n) is 1.03. The van der Waals surface area contributed by atoms with Crippen LogP contribution in [0.3, 0.4) is 0 Å². The molecule has 13 heavy (non-hydrogen) atoms. The maximum atomic E-state index is 5.65. The summed E-state index contributed by atoms with van der Waals surface area (Å²) >= 11 is 3.33. The summed E-state index contributed by atoms with van der Waals surface area (Å²) in [4.78, 5) is 0. The molecular formula is C7H6BrN5. The van der Waals surface area contributed by atoms with Crippen LogP contribution >= 0.6 is 15.9 Å². The zero-order valence-corrected chi connectivity index (χ0v) is 8.12. The van der Waals surface area contributed by atoms with Gasteiger partial charge in [-0.25, -0.2) is 0 Å². The van der Waals surface area contributed by atoms with Gasteiger partial charge in [0.15, 0.2) is 0 Å². The van der Waals surface area contributed by atoms with E-state index >= 15 is 0 Å². The highest BCUT2D eigenvalue weighted by molar-refractivity contribution is 9.10. The zero-order chi connectivity index (χ0) is 9.26. The van der Waals surface area contributed by atoms with Gasteiger partial charge in [0.05, 0.1) is 0 Å². The third kappa shape index (κ3) is 1.67. The Kier molecular flexibility index (Phi) is 1.97. The van der Waals surface area contributed by atoms with Crippen LogP contribution in [0.4, 0.5) is 5.69 Å². The molecule has 0 bridgehead atoms. The fourth-order valence-corrected chi connectivity index (χ4v) is 1.54. The van der Waals surface area contributed by atoms with Crippen molar-refractivity contribution in [2.75, 3.05) is 5.73 Å². The van der Waals surface area contributed by atoms with Crippen LogP contribution in [0.1, 0.15) is 0 Å². The van der Waals surface area contributed by atoms with Gasteiger partial charge in [-0.2, -0.15) is 5.21 Å². The molecule has 66 valence electrons. The number of aromatic nitrogens is 4. The highest BCUT2D eigenvalue weighted by Gasteiger charge is 2.03. The van der Waals surface area contributed by atoms with E-state index < -0.39 is 0 Å². The molecule has 6 heteroatoms. The molecule has 0 unspecified atom stereocenters. The molecule has 2 rings (SSSR count). The Morgan fingerprint density at radius 2 is 2.15 bits per heavy atom. The number of halogens is 1. The van der Waals surface area contributed by atoms with Crippen LogP contribution in [0, 0.1) is 0 Å². The van der Waals surface area contributed by atoms with Crippen molar-refractivity contribution in [2.24, 2.45) is 0 Å². The summed E-state index contributed by atoms with van der Waals surface area (Å²) in [5.74, 6) is 0.535. The molecule has 1 aromatic carbocycles. The second-order valence-electron chi connectivity index (χ2n) is 2.51. The Morgan fingerprint density at radius 3 is 2.77 bits per heavy atom. The molecule has 0 aliphatic rings. The van der Waals surface area contributed by atoms with Crippen LogP contribution in [-0.2, 0) is 0 Å². The monoisotopic (exact) mass is 239 g/mol. The average Bonchev–Trinajstić information content (AvgIpc) is 2.53. The lowest BCUT2D eigenvalue weighted by atomic mass is 10.2. The van der Waals surface area contributed by atoms with Gasteiger partial charge >= 0.3 is 0 Å². The van der Waals surface area contributed by atoms with Crippen molar-refractivity contribution in [1.29, 1.82) is 0 Å². The van der Waals surface area contributed by atoms with E-state index in [1.165, 1.54) is 0 Å². The molecule has 1 aromatic heterocycles. The smallest absolute Gasteiger partial charge is 0.204 e. The minimum Gasteiger partial charge on any atom is -0.399 e. The topological polar surface area (TPSA) is 80.5 Å². The molecule has 0 saturated carbocycles. The summed E-state index contributed by atoms with van der Waals surface area (Å²) < 4.78 is 0.896. The summed E-state index contributed by atoms with van der Waals surface area (Å²) in [7, 11) is 0. The van der Waals surface area contributed by atoms with Gasteiger partial charge in [0, 0.05) is 15.7 Å². The summed E-state index contributed by atoms with van der Waals surface area (Å²) in [5, 5.41) is 13.5. The lowest BCUT2D eigenvalue weighted by Gasteiger charge is -1.98. The van der Waals surface area contributed by atoms with Gasteiger partial charge in [-0.1, -0.05) is 15.9 Å². The van der Waals surface area contributed by atoms with Gasteiger partial charge in [-0.15, -0.1) is 10.2 Å². The number of anilines is 1. The number of nitrogens with two attached hydrogens (primary N) is 1. The molecule has 0 saturated heterocycles. The predicted octanol–water partition coefficient (Wildman–Crippen LogP) is 1.21. The van der Waals surface area contributed by atoms with Crippen molar-refractivity contribution in [3.8, 4) is 11.4 Å². The molecule has 1 heterocycles. The Morgan fingerprint density at radius 1 is 1.31 bits per heavy atom. The number of nitrogens with one attached hydrogen (secondary N) is 1. The van der Waals surface area contributed by atoms with Crippen LogP contribution in [0.5, 0.6) is 0 Å². The van der Waals surface area contributed by atoms with E-state index in [2.05, 4.69) is 36.6 Å². The van der Waals surface area contributed by atoms with Crippen LogP contribution in [0.15, 0.2) is 22.7 Å². The molecule has 0 amide bonds. The number of benzene rings is 1. The maximum absolute atomic E-state index is 5.65. The Labute approximate surface area is 82.5 Å². The van der Waals surface area contributed by atoms with Gasteiger partial charge in [-0.3, -0.25) is 0 Å². The number of hydrogen-bond acceptors (Lipinski definition) is 4. The molecule has 5 nitrogen and oxygen atoms in total. The number of rotatable bonds is 1. The molecule has 0 spiro atoms. The predicted molar refractivity (Wildman–Crippen MR) is 51.7 cm³/mol. The van der Waals surface area contributed by atoms with Gasteiger partial charge in [0.1, 0.15) is 0 Å². The summed E-state index contributed by atoms with van der Waals surface area (Å²) in [5.41, 5.74) is 7.14. The number of nitrogen functional groups attached to an aromatic ring is 1. The lowest BCUT2D eigenvalue weighted by molar-refractivity contribution is 0.881. The van der Waals surface area contributed by atoms with Crippen molar-refractivity contribution in [3.05, 3.63) is 22.7 Å². The molecule has 0 fully saturated rings. The van der Waals surface area contributed by atoms with E-state index in [0.717, 1.165) is 10.0 Å². The van der Waals surface area contributed by atoms with Crippen molar-refractivity contribution < 1.29 is 0 Å². The second kappa shape index (κ2) is 3.14. The lowest BCUT2D eigenvalue weighted by Crippen LogP contribution is -1.87. The summed E-state index contributed by atoms with van der Waals surface area (Å²) in [6, 6.07) is 5.47. The second-order valence-corrected chi connectivity index (χ2v) is 3.42. The number of H-pyrrole nitrogens is 1. The molecular weight excluding hydrogens is 234 g/mol. The van der Waals surface area contributed by atoms with Gasteiger partial charge in [0.2, 0.25) is 5.82 Å². The third-order valence-electron chi connectivity index (χ3n) is 1.52. The highest BCUT2D eigenvalue weighted by Crippen LogP contribution is 2.22. The van der Waals surface area contributed by atoms with Crippen LogP contribution < -0.4 is 5.73 Å². The molecule has 0 aliphatic carbocycles. The van der Waals surface area contributed by atoms with E-state index in [9.17, 15) is 0 Å². The Hall–Kier alpha value is -1.43. The first-order chi connectivity index (χ1) is 6.25. The molecule has 0 radical (unpaired) electrons. The first kappa shape index (κ1) is 8.18. The Bertz CT molecular complexity index is 391. The number of nitrogens with zero attached hydrogens (tertiary/aromatic N) is 3. The number of hydrogen-bond donors (Lipinski definition) is 2. The summed E-state index contributed by atoms with van der Waals surface area (Å²) in [6.45, 7) is 0. The molecule has 0 aliphatic heterocycles. The maximum Gasteiger partial charge on any atom is 0.204 e. The largest absolute Gasteiger partial charge is 0.399 e. The zero-order valence-electron chi connectivity index (χ0n) is 6.53. The minimum atomic E-state index is 0.535. The van der Waals surface area contributed by atoms with Gasteiger partial charge in [-0.05, 0) is 23.4 Å². The fraction of sp³-hybridized carbons (Fsp3) is 0. The van der Waals surface area contributed by atoms with Crippen molar-refractivity contribution in [2.45, 2.75) is 0 Å². The minimum absolute atomic E-state index is 0.535. The van der Waals surface area contributed by atoms with E-state index in [1.54, 1.807) is 6.07 Å². The van der Waals surface area contributed by atoms with Crippen molar-refractivity contribution in [3.63, 3.8) is 0 Å². The van der Waals surface area contributed by atoms with Gasteiger partial charge in [0.25, 0.3) is 0 Å². The highest BCUT2D eigenvalue weighted by atomic mass is 79.9. The number of aromatic amines is 1. The van der Waals surface area contributed by atoms with E-state index in [-0.39, 0.29) is 0 Å². The van der Waals surface area contributed by atoms with Crippen molar-refractivity contribution >= 4 is 21.6 Å². The standard InChI is InChI=1S/C7H6BrN5/c8-5-1-4(2-6(9)3-5)7-10-12-13-11-7/h1-3H,9H2,(H,10,11,12,13). The van der Waals surface area contributed by atoms with Gasteiger partial charge < -0.3 is 5.73 Å².